The van der Waals surface area contributed by atoms with E-state index in [0.29, 0.717) is 19.1 Å². The maximum absolute atomic E-state index is 11.9. The number of fused-ring (bicyclic) bond motifs is 3. The molecule has 3 rings (SSSR count). The SMILES string of the molecule is CO[Si](CCCNC(=O)NCCCCCCCCSc1cc2cccnc2c2ncccc12)(OC)OC. The standard InChI is InChI=1S/C27H40N4O4SSi/c1-33-37(34-2,35-3)20-12-18-31-27(32)30-15-8-6-4-5-7-9-19-36-24-21-22-13-10-16-28-25(22)26-23(24)14-11-17-29-26/h10-11,13-14,16-17,21H,4-9,12,15,18-20H2,1-3H3,(H2,30,31,32). The summed E-state index contributed by atoms with van der Waals surface area (Å²) < 4.78 is 16.2. The lowest BCUT2D eigenvalue weighted by Gasteiger charge is -2.24. The molecule has 0 radical (unpaired) electrons. The molecule has 0 aliphatic carbocycles. The van der Waals surface area contributed by atoms with E-state index in [1.165, 1.54) is 36.0 Å². The summed E-state index contributed by atoms with van der Waals surface area (Å²) in [4.78, 5) is 22.4. The molecule has 0 fully saturated rings. The van der Waals surface area contributed by atoms with Gasteiger partial charge in [-0.25, -0.2) is 4.79 Å². The van der Waals surface area contributed by atoms with E-state index < -0.39 is 8.80 Å². The summed E-state index contributed by atoms with van der Waals surface area (Å²) in [5, 5.41) is 8.15. The Labute approximate surface area is 225 Å². The van der Waals surface area contributed by atoms with E-state index in [2.05, 4.69) is 38.8 Å². The summed E-state index contributed by atoms with van der Waals surface area (Å²) in [5.41, 5.74) is 1.95. The second-order valence-corrected chi connectivity index (χ2v) is 13.1. The van der Waals surface area contributed by atoms with Gasteiger partial charge in [-0.2, -0.15) is 0 Å². The minimum absolute atomic E-state index is 0.122. The number of hydrogen-bond acceptors (Lipinski definition) is 7. The van der Waals surface area contributed by atoms with Crippen LogP contribution in [0.2, 0.25) is 6.04 Å². The van der Waals surface area contributed by atoms with Gasteiger partial charge in [0.1, 0.15) is 0 Å². The van der Waals surface area contributed by atoms with Crippen molar-refractivity contribution < 1.29 is 18.1 Å². The van der Waals surface area contributed by atoms with Crippen molar-refractivity contribution in [1.82, 2.24) is 20.6 Å². The first-order valence-corrected chi connectivity index (χ1v) is 16.0. The molecule has 2 N–H and O–H groups in total. The van der Waals surface area contributed by atoms with Crippen LogP contribution in [0.1, 0.15) is 44.9 Å². The van der Waals surface area contributed by atoms with Gasteiger partial charge in [-0.05, 0) is 43.2 Å². The number of aromatic nitrogens is 2. The summed E-state index contributed by atoms with van der Waals surface area (Å²) in [6.45, 7) is 1.27. The Morgan fingerprint density at radius 1 is 0.838 bits per heavy atom. The summed E-state index contributed by atoms with van der Waals surface area (Å²) in [6, 6.07) is 11.0. The molecule has 202 valence electrons. The fraction of sp³-hybridized carbons (Fsp3) is 0.519. The summed E-state index contributed by atoms with van der Waals surface area (Å²) in [7, 11) is 2.24. The summed E-state index contributed by atoms with van der Waals surface area (Å²) >= 11 is 1.91. The van der Waals surface area contributed by atoms with Crippen molar-refractivity contribution >= 4 is 48.4 Å². The van der Waals surface area contributed by atoms with E-state index >= 15 is 0 Å². The number of nitrogens with zero attached hydrogens (tertiary/aromatic N) is 2. The van der Waals surface area contributed by atoms with Crippen molar-refractivity contribution in [3.63, 3.8) is 0 Å². The van der Waals surface area contributed by atoms with Crippen LogP contribution in [0, 0.1) is 0 Å². The normalized spacial score (nSPS) is 11.8. The van der Waals surface area contributed by atoms with Gasteiger partial charge in [-0.15, -0.1) is 11.8 Å². The van der Waals surface area contributed by atoms with Gasteiger partial charge in [0.25, 0.3) is 0 Å². The Morgan fingerprint density at radius 3 is 2.19 bits per heavy atom. The second kappa shape index (κ2) is 15.9. The number of rotatable bonds is 17. The Balaban J connectivity index is 1.22. The van der Waals surface area contributed by atoms with Crippen LogP contribution >= 0.6 is 11.8 Å². The zero-order valence-electron chi connectivity index (χ0n) is 22.3. The molecular weight excluding hydrogens is 504 g/mol. The van der Waals surface area contributed by atoms with Gasteiger partial charge in [0.2, 0.25) is 0 Å². The largest absolute Gasteiger partial charge is 0.500 e. The highest BCUT2D eigenvalue weighted by molar-refractivity contribution is 7.99. The lowest BCUT2D eigenvalue weighted by atomic mass is 10.1. The number of carbonyl (C=O) groups is 1. The van der Waals surface area contributed by atoms with Gasteiger partial charge in [0, 0.05) is 68.5 Å². The van der Waals surface area contributed by atoms with E-state index in [1.54, 1.807) is 21.3 Å². The quantitative estimate of drug-likeness (QED) is 0.0962. The number of unbranched alkanes of at least 4 members (excludes halogenated alkanes) is 5. The molecule has 37 heavy (non-hydrogen) atoms. The summed E-state index contributed by atoms with van der Waals surface area (Å²) in [6.07, 6.45) is 11.4. The molecule has 0 aliphatic heterocycles. The average Bonchev–Trinajstić information content (AvgIpc) is 2.94. The first kappa shape index (κ1) is 29.3. The number of hydrogen-bond donors (Lipinski definition) is 2. The van der Waals surface area contributed by atoms with Crippen LogP contribution < -0.4 is 10.6 Å². The van der Waals surface area contributed by atoms with Gasteiger partial charge in [-0.3, -0.25) is 9.97 Å². The number of urea groups is 1. The van der Waals surface area contributed by atoms with Crippen LogP contribution in [0.15, 0.2) is 47.6 Å². The molecule has 2 heterocycles. The van der Waals surface area contributed by atoms with E-state index in [1.807, 2.05) is 36.3 Å². The molecule has 0 bridgehead atoms. The van der Waals surface area contributed by atoms with Crippen molar-refractivity contribution in [2.45, 2.75) is 55.9 Å². The van der Waals surface area contributed by atoms with Gasteiger partial charge >= 0.3 is 14.8 Å². The molecule has 3 aromatic rings. The van der Waals surface area contributed by atoms with Crippen molar-refractivity contribution in [3.8, 4) is 0 Å². The highest BCUT2D eigenvalue weighted by atomic mass is 32.2. The zero-order valence-corrected chi connectivity index (χ0v) is 24.1. The van der Waals surface area contributed by atoms with E-state index in [0.717, 1.165) is 41.4 Å². The van der Waals surface area contributed by atoms with Crippen LogP contribution in [0.5, 0.6) is 0 Å². The van der Waals surface area contributed by atoms with Gasteiger partial charge < -0.3 is 23.9 Å². The fourth-order valence-electron chi connectivity index (χ4n) is 4.31. The molecule has 0 spiro atoms. The molecule has 0 saturated heterocycles. The third kappa shape index (κ3) is 8.93. The molecule has 0 unspecified atom stereocenters. The Bertz CT molecular complexity index is 1110. The molecule has 0 aliphatic rings. The van der Waals surface area contributed by atoms with Crippen molar-refractivity contribution in [1.29, 1.82) is 0 Å². The zero-order chi connectivity index (χ0) is 26.3. The fourth-order valence-corrected chi connectivity index (χ4v) is 7.13. The first-order valence-electron chi connectivity index (χ1n) is 13.0. The second-order valence-electron chi connectivity index (χ2n) is 8.90. The molecule has 0 atom stereocenters. The molecule has 0 saturated carbocycles. The maximum Gasteiger partial charge on any atom is 0.500 e. The van der Waals surface area contributed by atoms with E-state index in [4.69, 9.17) is 13.3 Å². The Hall–Kier alpha value is -2.24. The topological polar surface area (TPSA) is 94.6 Å². The predicted molar refractivity (Wildman–Crippen MR) is 153 cm³/mol. The van der Waals surface area contributed by atoms with Crippen LogP contribution in [0.3, 0.4) is 0 Å². The highest BCUT2D eigenvalue weighted by Gasteiger charge is 2.36. The number of carbonyl (C=O) groups excluding carboxylic acids is 1. The monoisotopic (exact) mass is 544 g/mol. The van der Waals surface area contributed by atoms with Gasteiger partial charge in [0.05, 0.1) is 11.0 Å². The third-order valence-electron chi connectivity index (χ3n) is 6.42. The van der Waals surface area contributed by atoms with Crippen LogP contribution in [0.4, 0.5) is 4.79 Å². The number of nitrogens with one attached hydrogen (secondary N) is 2. The van der Waals surface area contributed by atoms with Crippen molar-refractivity contribution in [2.75, 3.05) is 40.2 Å². The van der Waals surface area contributed by atoms with Crippen LogP contribution in [-0.2, 0) is 13.3 Å². The van der Waals surface area contributed by atoms with Crippen LogP contribution in [-0.4, -0.2) is 65.0 Å². The van der Waals surface area contributed by atoms with Crippen molar-refractivity contribution in [2.24, 2.45) is 0 Å². The number of thioether (sulfide) groups is 1. The minimum atomic E-state index is -2.56. The maximum atomic E-state index is 11.9. The first-order chi connectivity index (χ1) is 18.1. The molecular formula is C27H40N4O4SSi. The average molecular weight is 545 g/mol. The highest BCUT2D eigenvalue weighted by Crippen LogP contribution is 2.32. The van der Waals surface area contributed by atoms with Crippen LogP contribution in [0.25, 0.3) is 21.8 Å². The van der Waals surface area contributed by atoms with Crippen molar-refractivity contribution in [3.05, 3.63) is 42.7 Å². The molecule has 2 aromatic heterocycles. The predicted octanol–water partition coefficient (Wildman–Crippen LogP) is 5.78. The molecule has 10 heteroatoms. The smallest absolute Gasteiger partial charge is 0.377 e. The van der Waals surface area contributed by atoms with Gasteiger partial charge in [-0.1, -0.05) is 37.8 Å². The molecule has 2 amide bonds. The number of pyridine rings is 2. The lowest BCUT2D eigenvalue weighted by Crippen LogP contribution is -2.43. The lowest BCUT2D eigenvalue weighted by molar-refractivity contribution is 0.123. The third-order valence-corrected chi connectivity index (χ3v) is 10.4. The van der Waals surface area contributed by atoms with E-state index in [9.17, 15) is 4.79 Å². The number of amides is 2. The van der Waals surface area contributed by atoms with Gasteiger partial charge in [0.15, 0.2) is 0 Å². The Kier molecular flexibility index (Phi) is 12.6. The molecule has 8 nitrogen and oxygen atoms in total. The minimum Gasteiger partial charge on any atom is -0.377 e. The number of benzene rings is 1. The molecule has 1 aromatic carbocycles. The summed E-state index contributed by atoms with van der Waals surface area (Å²) in [5.74, 6) is 1.10. The van der Waals surface area contributed by atoms with E-state index in [-0.39, 0.29) is 6.03 Å². The Morgan fingerprint density at radius 2 is 1.46 bits per heavy atom.